The van der Waals surface area contributed by atoms with Crippen LogP contribution in [0.25, 0.3) is 0 Å². The lowest BCUT2D eigenvalue weighted by Crippen LogP contribution is -2.41. The van der Waals surface area contributed by atoms with Crippen LogP contribution >= 0.6 is 0 Å². The van der Waals surface area contributed by atoms with Crippen molar-refractivity contribution in [3.8, 4) is 0 Å². The van der Waals surface area contributed by atoms with Crippen LogP contribution in [0.1, 0.15) is 31.2 Å². The van der Waals surface area contributed by atoms with E-state index in [4.69, 9.17) is 0 Å². The second-order valence-electron chi connectivity index (χ2n) is 8.47. The third-order valence-electron chi connectivity index (χ3n) is 6.20. The van der Waals surface area contributed by atoms with Gasteiger partial charge in [0.05, 0.1) is 11.9 Å². The standard InChI is InChI=1S/C23H32N6O/c1-27(2)20-7-5-18(6-8-20)15-25-23(30)19-9-13-28(14-10-19)21-16-24-17-26-22(21)29-11-3-4-12-29/h5-8,16-17,19H,3-4,9-15H2,1-2H3,(H,25,30). The van der Waals surface area contributed by atoms with Crippen LogP contribution in [0.5, 0.6) is 0 Å². The van der Waals surface area contributed by atoms with Gasteiger partial charge in [-0.2, -0.15) is 0 Å². The van der Waals surface area contributed by atoms with Crippen LogP contribution in [0.4, 0.5) is 17.2 Å². The Kier molecular flexibility index (Phi) is 6.35. The molecule has 0 unspecified atom stereocenters. The van der Waals surface area contributed by atoms with E-state index in [1.807, 2.05) is 20.3 Å². The third kappa shape index (κ3) is 4.66. The summed E-state index contributed by atoms with van der Waals surface area (Å²) in [4.78, 5) is 28.3. The maximum atomic E-state index is 12.7. The smallest absolute Gasteiger partial charge is 0.223 e. The highest BCUT2D eigenvalue weighted by Crippen LogP contribution is 2.31. The van der Waals surface area contributed by atoms with E-state index in [9.17, 15) is 4.79 Å². The quantitative estimate of drug-likeness (QED) is 0.793. The van der Waals surface area contributed by atoms with Crippen LogP contribution in [0.2, 0.25) is 0 Å². The number of aromatic nitrogens is 2. The fourth-order valence-corrected chi connectivity index (χ4v) is 4.34. The Morgan fingerprint density at radius 1 is 1.07 bits per heavy atom. The zero-order valence-corrected chi connectivity index (χ0v) is 18.0. The van der Waals surface area contributed by atoms with E-state index in [1.54, 1.807) is 6.33 Å². The molecule has 7 heteroatoms. The molecule has 0 radical (unpaired) electrons. The van der Waals surface area contributed by atoms with Gasteiger partial charge in [-0.15, -0.1) is 0 Å². The molecule has 4 rings (SSSR count). The van der Waals surface area contributed by atoms with Crippen molar-refractivity contribution in [2.45, 2.75) is 32.2 Å². The monoisotopic (exact) mass is 408 g/mol. The molecule has 0 saturated carbocycles. The molecule has 30 heavy (non-hydrogen) atoms. The highest BCUT2D eigenvalue weighted by atomic mass is 16.1. The molecule has 0 spiro atoms. The molecule has 0 aliphatic carbocycles. The van der Waals surface area contributed by atoms with Gasteiger partial charge >= 0.3 is 0 Å². The van der Waals surface area contributed by atoms with E-state index in [1.165, 1.54) is 12.8 Å². The Balaban J connectivity index is 1.30. The van der Waals surface area contributed by atoms with Crippen LogP contribution in [-0.4, -0.2) is 56.1 Å². The first-order chi connectivity index (χ1) is 14.6. The number of rotatable bonds is 6. The zero-order chi connectivity index (χ0) is 20.9. The highest BCUT2D eigenvalue weighted by molar-refractivity contribution is 5.79. The van der Waals surface area contributed by atoms with Crippen LogP contribution in [0.3, 0.4) is 0 Å². The largest absolute Gasteiger partial charge is 0.378 e. The van der Waals surface area contributed by atoms with E-state index in [2.05, 4.69) is 54.2 Å². The van der Waals surface area contributed by atoms with Crippen molar-refractivity contribution in [3.05, 3.63) is 42.4 Å². The Morgan fingerprint density at radius 3 is 2.43 bits per heavy atom. The Labute approximate surface area is 179 Å². The van der Waals surface area contributed by atoms with E-state index in [0.29, 0.717) is 6.54 Å². The van der Waals surface area contributed by atoms with E-state index < -0.39 is 0 Å². The van der Waals surface area contributed by atoms with E-state index in [0.717, 1.165) is 61.8 Å². The second kappa shape index (κ2) is 9.32. The molecule has 1 amide bonds. The number of nitrogens with one attached hydrogen (secondary N) is 1. The Morgan fingerprint density at radius 2 is 1.77 bits per heavy atom. The molecule has 3 heterocycles. The van der Waals surface area contributed by atoms with Crippen molar-refractivity contribution in [3.63, 3.8) is 0 Å². The van der Waals surface area contributed by atoms with E-state index >= 15 is 0 Å². The molecule has 0 bridgehead atoms. The van der Waals surface area contributed by atoms with Gasteiger partial charge in [0.25, 0.3) is 0 Å². The van der Waals surface area contributed by atoms with Gasteiger partial charge in [0.1, 0.15) is 6.33 Å². The van der Waals surface area contributed by atoms with Gasteiger partial charge in [-0.25, -0.2) is 9.97 Å². The Hall–Kier alpha value is -2.83. The summed E-state index contributed by atoms with van der Waals surface area (Å²) >= 11 is 0. The molecule has 2 aliphatic heterocycles. The summed E-state index contributed by atoms with van der Waals surface area (Å²) in [6.45, 7) is 4.45. The van der Waals surface area contributed by atoms with Crippen molar-refractivity contribution in [2.75, 3.05) is 55.0 Å². The number of carbonyl (C=O) groups excluding carboxylic acids is 1. The zero-order valence-electron chi connectivity index (χ0n) is 18.0. The minimum absolute atomic E-state index is 0.0714. The van der Waals surface area contributed by atoms with Gasteiger partial charge in [-0.3, -0.25) is 4.79 Å². The number of anilines is 3. The number of hydrogen-bond donors (Lipinski definition) is 1. The lowest BCUT2D eigenvalue weighted by Gasteiger charge is -2.34. The molecule has 0 atom stereocenters. The van der Waals surface area contributed by atoms with Crippen molar-refractivity contribution < 1.29 is 4.79 Å². The Bertz CT molecular complexity index is 839. The van der Waals surface area contributed by atoms with Crippen LogP contribution in [-0.2, 0) is 11.3 Å². The summed E-state index contributed by atoms with van der Waals surface area (Å²) in [6.07, 6.45) is 7.74. The van der Waals surface area contributed by atoms with E-state index in [-0.39, 0.29) is 11.8 Å². The fourth-order valence-electron chi connectivity index (χ4n) is 4.34. The van der Waals surface area contributed by atoms with Gasteiger partial charge in [0, 0.05) is 58.4 Å². The summed E-state index contributed by atoms with van der Waals surface area (Å²) in [5.74, 6) is 1.28. The first kappa shape index (κ1) is 20.4. The lowest BCUT2D eigenvalue weighted by atomic mass is 9.95. The van der Waals surface area contributed by atoms with Crippen LogP contribution < -0.4 is 20.0 Å². The first-order valence-corrected chi connectivity index (χ1v) is 11.0. The number of carbonyl (C=O) groups is 1. The topological polar surface area (TPSA) is 64.6 Å². The predicted molar refractivity (Wildman–Crippen MR) is 121 cm³/mol. The molecule has 160 valence electrons. The molecule has 2 aromatic rings. The molecule has 2 fully saturated rings. The van der Waals surface area contributed by atoms with Gasteiger partial charge in [-0.1, -0.05) is 12.1 Å². The summed E-state index contributed by atoms with van der Waals surface area (Å²) in [5.41, 5.74) is 3.40. The summed E-state index contributed by atoms with van der Waals surface area (Å²) in [5, 5.41) is 3.12. The minimum atomic E-state index is 0.0714. The van der Waals surface area contributed by atoms with Crippen molar-refractivity contribution >= 4 is 23.1 Å². The summed E-state index contributed by atoms with van der Waals surface area (Å²) in [7, 11) is 4.05. The maximum absolute atomic E-state index is 12.7. The molecular formula is C23H32N6O. The number of hydrogen-bond acceptors (Lipinski definition) is 6. The lowest BCUT2D eigenvalue weighted by molar-refractivity contribution is -0.125. The molecule has 2 saturated heterocycles. The molecule has 1 aromatic carbocycles. The van der Waals surface area contributed by atoms with Crippen molar-refractivity contribution in [2.24, 2.45) is 5.92 Å². The average Bonchev–Trinajstić information content (AvgIpc) is 3.33. The van der Waals surface area contributed by atoms with Gasteiger partial charge in [-0.05, 0) is 43.4 Å². The van der Waals surface area contributed by atoms with Crippen LogP contribution in [0, 0.1) is 5.92 Å². The molecule has 1 N–H and O–H groups in total. The minimum Gasteiger partial charge on any atom is -0.378 e. The SMILES string of the molecule is CN(C)c1ccc(CNC(=O)C2CCN(c3cncnc3N3CCCC3)CC2)cc1. The number of piperidine rings is 1. The predicted octanol–water partition coefficient (Wildman–Crippen LogP) is 2.68. The molecule has 2 aliphatic rings. The summed E-state index contributed by atoms with van der Waals surface area (Å²) in [6, 6.07) is 8.32. The van der Waals surface area contributed by atoms with Crippen molar-refractivity contribution in [1.29, 1.82) is 0 Å². The average molecular weight is 409 g/mol. The van der Waals surface area contributed by atoms with Crippen molar-refractivity contribution in [1.82, 2.24) is 15.3 Å². The first-order valence-electron chi connectivity index (χ1n) is 11.0. The number of amides is 1. The van der Waals surface area contributed by atoms with Gasteiger partial charge in [0.2, 0.25) is 5.91 Å². The fraction of sp³-hybridized carbons (Fsp3) is 0.522. The number of nitrogens with zero attached hydrogens (tertiary/aromatic N) is 5. The molecular weight excluding hydrogens is 376 g/mol. The second-order valence-corrected chi connectivity index (χ2v) is 8.47. The van der Waals surface area contributed by atoms with Crippen LogP contribution in [0.15, 0.2) is 36.8 Å². The highest BCUT2D eigenvalue weighted by Gasteiger charge is 2.28. The number of benzene rings is 1. The third-order valence-corrected chi connectivity index (χ3v) is 6.20. The molecule has 1 aromatic heterocycles. The molecule has 7 nitrogen and oxygen atoms in total. The maximum Gasteiger partial charge on any atom is 0.223 e. The van der Waals surface area contributed by atoms with Gasteiger partial charge in [0.15, 0.2) is 5.82 Å². The van der Waals surface area contributed by atoms with Gasteiger partial charge < -0.3 is 20.0 Å². The summed E-state index contributed by atoms with van der Waals surface area (Å²) < 4.78 is 0. The normalized spacial score (nSPS) is 17.3.